The molecule has 0 atom stereocenters. The monoisotopic (exact) mass is 388 g/mol. The second kappa shape index (κ2) is 7.33. The Morgan fingerprint density at radius 1 is 1.03 bits per heavy atom. The summed E-state index contributed by atoms with van der Waals surface area (Å²) in [5, 5.41) is 18.7. The van der Waals surface area contributed by atoms with Gasteiger partial charge in [-0.3, -0.25) is 4.68 Å². The van der Waals surface area contributed by atoms with Crippen LogP contribution in [0.25, 0.3) is 28.0 Å². The molecule has 7 nitrogen and oxygen atoms in total. The summed E-state index contributed by atoms with van der Waals surface area (Å²) in [6.07, 6.45) is 9.42. The van der Waals surface area contributed by atoms with Gasteiger partial charge in [0.2, 0.25) is 0 Å². The Morgan fingerprint density at radius 3 is 2.72 bits per heavy atom. The van der Waals surface area contributed by atoms with Crippen molar-refractivity contribution in [1.29, 1.82) is 0 Å². The highest BCUT2D eigenvalue weighted by molar-refractivity contribution is 5.90. The lowest BCUT2D eigenvalue weighted by atomic mass is 9.95. The highest BCUT2D eigenvalue weighted by Gasteiger charge is 2.23. The van der Waals surface area contributed by atoms with E-state index in [9.17, 15) is 5.11 Å². The third-order valence-electron chi connectivity index (χ3n) is 5.85. The van der Waals surface area contributed by atoms with Crippen LogP contribution in [0, 0.1) is 0 Å². The lowest BCUT2D eigenvalue weighted by Crippen LogP contribution is -2.15. The average molecular weight is 388 g/mol. The van der Waals surface area contributed by atoms with E-state index in [1.54, 1.807) is 0 Å². The van der Waals surface area contributed by atoms with Crippen molar-refractivity contribution in [2.45, 2.75) is 44.8 Å². The molecule has 1 aliphatic carbocycles. The summed E-state index contributed by atoms with van der Waals surface area (Å²) in [7, 11) is 0. The van der Waals surface area contributed by atoms with Crippen LogP contribution in [0.1, 0.15) is 43.7 Å². The number of hydrogen-bond donors (Lipinski definition) is 2. The van der Waals surface area contributed by atoms with Crippen molar-refractivity contribution < 1.29 is 5.11 Å². The predicted octanol–water partition coefficient (Wildman–Crippen LogP) is 3.84. The van der Waals surface area contributed by atoms with Gasteiger partial charge in [-0.05, 0) is 36.6 Å². The lowest BCUT2D eigenvalue weighted by molar-refractivity contribution is 0.282. The van der Waals surface area contributed by atoms with E-state index in [0.29, 0.717) is 11.9 Å². The van der Waals surface area contributed by atoms with Crippen molar-refractivity contribution >= 4 is 11.3 Å². The third-order valence-corrected chi connectivity index (χ3v) is 5.85. The van der Waals surface area contributed by atoms with Crippen LogP contribution in [0.15, 0.2) is 48.9 Å². The van der Waals surface area contributed by atoms with E-state index in [1.807, 2.05) is 41.0 Å². The Labute approximate surface area is 168 Å². The molecule has 0 bridgehead atoms. The molecular formula is C22H24N6O. The fourth-order valence-corrected chi connectivity index (χ4v) is 4.44. The van der Waals surface area contributed by atoms with E-state index in [0.717, 1.165) is 46.4 Å². The maximum Gasteiger partial charge on any atom is 0.152 e. The smallest absolute Gasteiger partial charge is 0.152 e. The normalized spacial score (nSPS) is 15.2. The van der Waals surface area contributed by atoms with Crippen molar-refractivity contribution in [3.05, 3.63) is 54.5 Å². The predicted molar refractivity (Wildman–Crippen MR) is 112 cm³/mol. The molecule has 7 heteroatoms. The largest absolute Gasteiger partial charge is 0.392 e. The van der Waals surface area contributed by atoms with Crippen molar-refractivity contribution in [2.75, 3.05) is 5.73 Å². The van der Waals surface area contributed by atoms with Gasteiger partial charge < -0.3 is 10.8 Å². The highest BCUT2D eigenvalue weighted by atomic mass is 16.3. The maximum absolute atomic E-state index is 9.54. The van der Waals surface area contributed by atoms with Gasteiger partial charge >= 0.3 is 0 Å². The average Bonchev–Trinajstić information content (AvgIpc) is 3.40. The quantitative estimate of drug-likeness (QED) is 0.554. The Hall–Kier alpha value is -3.19. The zero-order valence-corrected chi connectivity index (χ0v) is 16.2. The number of hydrogen-bond acceptors (Lipinski definition) is 5. The number of fused-ring (bicyclic) bond motifs is 1. The first kappa shape index (κ1) is 17.9. The Morgan fingerprint density at radius 2 is 1.90 bits per heavy atom. The maximum atomic E-state index is 9.54. The number of aliphatic hydroxyl groups is 1. The summed E-state index contributed by atoms with van der Waals surface area (Å²) < 4.78 is 3.99. The van der Waals surface area contributed by atoms with Gasteiger partial charge in [0, 0.05) is 17.3 Å². The van der Waals surface area contributed by atoms with E-state index in [1.165, 1.54) is 25.6 Å². The molecule has 5 rings (SSSR count). The molecule has 1 saturated carbocycles. The van der Waals surface area contributed by atoms with Crippen LogP contribution < -0.4 is 5.73 Å². The van der Waals surface area contributed by atoms with Gasteiger partial charge in [-0.25, -0.2) is 9.50 Å². The molecule has 1 aromatic carbocycles. The SMILES string of the molecule is Nc1ncnn2c(-c3cccc(CO)c3)cc(-c3ccnn3C3CCCCC3)c12. The molecule has 148 valence electrons. The summed E-state index contributed by atoms with van der Waals surface area (Å²) >= 11 is 0. The van der Waals surface area contributed by atoms with E-state index in [-0.39, 0.29) is 6.61 Å². The number of nitrogens with zero attached hydrogens (tertiary/aromatic N) is 5. The van der Waals surface area contributed by atoms with Crippen LogP contribution in [-0.2, 0) is 6.61 Å². The van der Waals surface area contributed by atoms with Gasteiger partial charge in [-0.1, -0.05) is 37.5 Å². The fourth-order valence-electron chi connectivity index (χ4n) is 4.44. The number of rotatable bonds is 4. The van der Waals surface area contributed by atoms with Crippen LogP contribution in [0.3, 0.4) is 0 Å². The second-order valence-corrected chi connectivity index (χ2v) is 7.66. The second-order valence-electron chi connectivity index (χ2n) is 7.66. The van der Waals surface area contributed by atoms with Crippen LogP contribution in [0.5, 0.6) is 0 Å². The zero-order chi connectivity index (χ0) is 19.8. The third kappa shape index (κ3) is 3.07. The molecule has 3 N–H and O–H groups in total. The summed E-state index contributed by atoms with van der Waals surface area (Å²) in [5.41, 5.74) is 11.8. The van der Waals surface area contributed by atoms with Crippen molar-refractivity contribution in [3.63, 3.8) is 0 Å². The molecule has 4 aromatic rings. The van der Waals surface area contributed by atoms with Crippen molar-refractivity contribution in [3.8, 4) is 22.5 Å². The molecule has 3 aromatic heterocycles. The minimum atomic E-state index is -0.00439. The first-order valence-corrected chi connectivity index (χ1v) is 10.1. The van der Waals surface area contributed by atoms with Gasteiger partial charge in [0.25, 0.3) is 0 Å². The molecule has 3 heterocycles. The molecule has 1 aliphatic rings. The minimum Gasteiger partial charge on any atom is -0.392 e. The van der Waals surface area contributed by atoms with Crippen LogP contribution >= 0.6 is 0 Å². The number of anilines is 1. The van der Waals surface area contributed by atoms with Gasteiger partial charge in [-0.2, -0.15) is 10.2 Å². The molecule has 1 fully saturated rings. The zero-order valence-electron chi connectivity index (χ0n) is 16.2. The summed E-state index contributed by atoms with van der Waals surface area (Å²) in [4.78, 5) is 4.24. The van der Waals surface area contributed by atoms with E-state index >= 15 is 0 Å². The Kier molecular flexibility index (Phi) is 4.52. The van der Waals surface area contributed by atoms with Gasteiger partial charge in [0.05, 0.1) is 24.0 Å². The number of aromatic nitrogens is 5. The lowest BCUT2D eigenvalue weighted by Gasteiger charge is -2.23. The summed E-state index contributed by atoms with van der Waals surface area (Å²) in [6, 6.07) is 12.4. The van der Waals surface area contributed by atoms with Gasteiger partial charge in [0.15, 0.2) is 5.82 Å². The number of nitrogens with two attached hydrogens (primary N) is 1. The number of benzene rings is 1. The molecular weight excluding hydrogens is 364 g/mol. The molecule has 0 unspecified atom stereocenters. The Bertz CT molecular complexity index is 1160. The van der Waals surface area contributed by atoms with Crippen molar-refractivity contribution in [2.24, 2.45) is 0 Å². The number of nitrogen functional groups attached to an aromatic ring is 1. The highest BCUT2D eigenvalue weighted by Crippen LogP contribution is 2.37. The van der Waals surface area contributed by atoms with E-state index in [2.05, 4.69) is 25.9 Å². The van der Waals surface area contributed by atoms with E-state index < -0.39 is 0 Å². The summed E-state index contributed by atoms with van der Waals surface area (Å²) in [6.45, 7) is -0.00439. The molecule has 0 amide bonds. The first-order chi connectivity index (χ1) is 14.3. The molecule has 29 heavy (non-hydrogen) atoms. The first-order valence-electron chi connectivity index (χ1n) is 10.1. The van der Waals surface area contributed by atoms with Gasteiger partial charge in [-0.15, -0.1) is 0 Å². The van der Waals surface area contributed by atoms with Crippen molar-refractivity contribution in [1.82, 2.24) is 24.4 Å². The molecule has 0 saturated heterocycles. The minimum absolute atomic E-state index is 0.00439. The molecule has 0 radical (unpaired) electrons. The van der Waals surface area contributed by atoms with Gasteiger partial charge in [0.1, 0.15) is 11.8 Å². The summed E-state index contributed by atoms with van der Waals surface area (Å²) in [5.74, 6) is 0.441. The molecule has 0 spiro atoms. The van der Waals surface area contributed by atoms with Crippen LogP contribution in [0.4, 0.5) is 5.82 Å². The molecule has 0 aliphatic heterocycles. The fraction of sp³-hybridized carbons (Fsp3) is 0.318. The standard InChI is InChI=1S/C22H24N6O/c23-22-21-18(19-9-10-25-27(19)17-7-2-1-3-8-17)12-20(28(21)26-14-24-22)16-6-4-5-15(11-16)13-29/h4-6,9-12,14,17,29H,1-3,7-8,13H2,(H2,23,24,26). The van der Waals surface area contributed by atoms with Crippen LogP contribution in [-0.4, -0.2) is 29.5 Å². The Balaban J connectivity index is 1.71. The number of aliphatic hydroxyl groups excluding tert-OH is 1. The topological polar surface area (TPSA) is 94.3 Å². The van der Waals surface area contributed by atoms with E-state index in [4.69, 9.17) is 5.73 Å². The van der Waals surface area contributed by atoms with Crippen LogP contribution in [0.2, 0.25) is 0 Å².